The van der Waals surface area contributed by atoms with Crippen LogP contribution in [0.2, 0.25) is 0 Å². The predicted octanol–water partition coefficient (Wildman–Crippen LogP) is 3.19. The number of carbonyl (C=O) groups excluding carboxylic acids is 1. The lowest BCUT2D eigenvalue weighted by molar-refractivity contribution is 0.102. The Kier molecular flexibility index (Phi) is 4.46. The average Bonchev–Trinajstić information content (AvgIpc) is 2.26. The van der Waals surface area contributed by atoms with Crippen molar-refractivity contribution in [1.29, 1.82) is 0 Å². The molecule has 3 nitrogen and oxygen atoms in total. The molecule has 0 fully saturated rings. The summed E-state index contributed by atoms with van der Waals surface area (Å²) in [6.45, 7) is 5.90. The van der Waals surface area contributed by atoms with E-state index in [1.54, 1.807) is 18.3 Å². The van der Waals surface area contributed by atoms with E-state index in [-0.39, 0.29) is 22.4 Å². The van der Waals surface area contributed by atoms with Gasteiger partial charge in [-0.1, -0.05) is 15.9 Å². The Bertz CT molecular complexity index is 447. The number of hydrogen-bond acceptors (Lipinski definition) is 3. The number of carbonyl (C=O) groups is 1. The lowest BCUT2D eigenvalue weighted by Crippen LogP contribution is -2.10. The standard InChI is InChI=1S/C13H16BrNO2/c1-13(2,3)15-8-10-6-9(12(17)7-14)4-5-11(10)16/h4-6,8,16H,7H2,1-3H3/b15-8+. The van der Waals surface area contributed by atoms with E-state index >= 15 is 0 Å². The average molecular weight is 298 g/mol. The summed E-state index contributed by atoms with van der Waals surface area (Å²) in [5, 5.41) is 9.94. The Morgan fingerprint density at radius 2 is 2.12 bits per heavy atom. The molecule has 0 unspecified atom stereocenters. The van der Waals surface area contributed by atoms with Crippen LogP contribution in [0.4, 0.5) is 0 Å². The van der Waals surface area contributed by atoms with E-state index in [0.29, 0.717) is 11.1 Å². The van der Waals surface area contributed by atoms with Crippen molar-refractivity contribution in [3.05, 3.63) is 29.3 Å². The zero-order valence-corrected chi connectivity index (χ0v) is 11.8. The second kappa shape index (κ2) is 5.45. The van der Waals surface area contributed by atoms with E-state index in [2.05, 4.69) is 20.9 Å². The second-order valence-electron chi connectivity index (χ2n) is 4.76. The first-order chi connectivity index (χ1) is 7.83. The number of Topliss-reactive ketones (excluding diaryl/α,β-unsaturated/α-hetero) is 1. The SMILES string of the molecule is CC(C)(C)/N=C/c1cc(C(=O)CBr)ccc1O. The van der Waals surface area contributed by atoms with Crippen molar-refractivity contribution in [3.8, 4) is 5.75 Å². The molecule has 0 aromatic heterocycles. The lowest BCUT2D eigenvalue weighted by Gasteiger charge is -2.11. The van der Waals surface area contributed by atoms with E-state index in [1.165, 1.54) is 6.07 Å². The topological polar surface area (TPSA) is 49.7 Å². The third-order valence-electron chi connectivity index (χ3n) is 2.06. The van der Waals surface area contributed by atoms with E-state index in [1.807, 2.05) is 20.8 Å². The molecule has 0 saturated carbocycles. The van der Waals surface area contributed by atoms with Gasteiger partial charge in [-0.25, -0.2) is 0 Å². The van der Waals surface area contributed by atoms with Crippen molar-refractivity contribution in [2.45, 2.75) is 26.3 Å². The predicted molar refractivity (Wildman–Crippen MR) is 73.6 cm³/mol. The van der Waals surface area contributed by atoms with Crippen molar-refractivity contribution >= 4 is 27.9 Å². The largest absolute Gasteiger partial charge is 0.507 e. The minimum atomic E-state index is -0.206. The summed E-state index contributed by atoms with van der Waals surface area (Å²) in [6.07, 6.45) is 1.60. The number of aromatic hydroxyl groups is 1. The maximum atomic E-state index is 11.5. The number of phenols is 1. The molecule has 1 aromatic carbocycles. The van der Waals surface area contributed by atoms with E-state index < -0.39 is 0 Å². The molecule has 1 N–H and O–H groups in total. The van der Waals surface area contributed by atoms with Gasteiger partial charge < -0.3 is 5.11 Å². The number of rotatable bonds is 3. The van der Waals surface area contributed by atoms with Gasteiger partial charge in [0, 0.05) is 17.3 Å². The molecule has 1 aromatic rings. The fourth-order valence-corrected chi connectivity index (χ4v) is 1.50. The Balaban J connectivity index is 3.07. The van der Waals surface area contributed by atoms with Crippen LogP contribution in [0, 0.1) is 0 Å². The molecule has 0 aliphatic rings. The molecule has 1 rings (SSSR count). The van der Waals surface area contributed by atoms with Gasteiger partial charge in [0.1, 0.15) is 5.75 Å². The van der Waals surface area contributed by atoms with Crippen molar-refractivity contribution in [2.24, 2.45) is 4.99 Å². The Morgan fingerprint density at radius 1 is 1.47 bits per heavy atom. The molecule has 92 valence electrons. The molecule has 4 heteroatoms. The highest BCUT2D eigenvalue weighted by atomic mass is 79.9. The number of halogens is 1. The van der Waals surface area contributed by atoms with Crippen LogP contribution in [0.1, 0.15) is 36.7 Å². The number of hydrogen-bond donors (Lipinski definition) is 1. The van der Waals surface area contributed by atoms with Crippen LogP contribution in [-0.4, -0.2) is 28.0 Å². The summed E-state index contributed by atoms with van der Waals surface area (Å²) in [5.41, 5.74) is 0.920. The molecule has 0 aliphatic carbocycles. The summed E-state index contributed by atoms with van der Waals surface area (Å²) in [6, 6.07) is 4.77. The van der Waals surface area contributed by atoms with Gasteiger partial charge >= 0.3 is 0 Å². The first kappa shape index (κ1) is 13.9. The fourth-order valence-electron chi connectivity index (χ4n) is 1.17. The van der Waals surface area contributed by atoms with E-state index in [0.717, 1.165) is 0 Å². The number of nitrogens with zero attached hydrogens (tertiary/aromatic N) is 1. The highest BCUT2D eigenvalue weighted by Gasteiger charge is 2.09. The summed E-state index contributed by atoms with van der Waals surface area (Å²) in [7, 11) is 0. The summed E-state index contributed by atoms with van der Waals surface area (Å²) in [5.74, 6) is 0.111. The maximum Gasteiger partial charge on any atom is 0.173 e. The van der Waals surface area contributed by atoms with Crippen molar-refractivity contribution in [3.63, 3.8) is 0 Å². The lowest BCUT2D eigenvalue weighted by atomic mass is 10.1. The van der Waals surface area contributed by atoms with Crippen LogP contribution in [0.25, 0.3) is 0 Å². The third-order valence-corrected chi connectivity index (χ3v) is 2.57. The Labute approximate surface area is 110 Å². The molecule has 0 bridgehead atoms. The number of phenolic OH excluding ortho intramolecular Hbond substituents is 1. The van der Waals surface area contributed by atoms with Crippen molar-refractivity contribution < 1.29 is 9.90 Å². The molecule has 0 heterocycles. The number of aliphatic imine (C=N–C) groups is 1. The van der Waals surface area contributed by atoms with Crippen LogP contribution < -0.4 is 0 Å². The van der Waals surface area contributed by atoms with Crippen LogP contribution in [0.15, 0.2) is 23.2 Å². The quantitative estimate of drug-likeness (QED) is 0.529. The number of ketones is 1. The molecule has 0 aliphatic heterocycles. The van der Waals surface area contributed by atoms with Gasteiger partial charge in [0.05, 0.1) is 10.9 Å². The monoisotopic (exact) mass is 297 g/mol. The van der Waals surface area contributed by atoms with Crippen molar-refractivity contribution in [1.82, 2.24) is 0 Å². The number of alkyl halides is 1. The summed E-state index contributed by atoms with van der Waals surface area (Å²) in [4.78, 5) is 15.8. The van der Waals surface area contributed by atoms with Crippen molar-refractivity contribution in [2.75, 3.05) is 5.33 Å². The van der Waals surface area contributed by atoms with Gasteiger partial charge in [-0.05, 0) is 39.0 Å². The zero-order chi connectivity index (χ0) is 13.1. The summed E-state index contributed by atoms with van der Waals surface area (Å²) >= 11 is 3.12. The first-order valence-electron chi connectivity index (χ1n) is 5.31. The molecule has 0 atom stereocenters. The fraction of sp³-hybridized carbons (Fsp3) is 0.385. The van der Waals surface area contributed by atoms with Crippen LogP contribution in [0.3, 0.4) is 0 Å². The highest BCUT2D eigenvalue weighted by molar-refractivity contribution is 9.09. The first-order valence-corrected chi connectivity index (χ1v) is 6.43. The molecule has 0 amide bonds. The van der Waals surface area contributed by atoms with Gasteiger partial charge in [-0.15, -0.1) is 0 Å². The third kappa shape index (κ3) is 4.30. The Hall–Kier alpha value is -1.16. The van der Waals surface area contributed by atoms with Crippen LogP contribution >= 0.6 is 15.9 Å². The molecule has 17 heavy (non-hydrogen) atoms. The normalized spacial score (nSPS) is 12.0. The molecular weight excluding hydrogens is 282 g/mol. The molecular formula is C13H16BrNO2. The smallest absolute Gasteiger partial charge is 0.173 e. The van der Waals surface area contributed by atoms with Gasteiger partial charge in [-0.2, -0.15) is 0 Å². The van der Waals surface area contributed by atoms with Gasteiger partial charge in [0.2, 0.25) is 0 Å². The van der Waals surface area contributed by atoms with Gasteiger partial charge in [0.15, 0.2) is 5.78 Å². The minimum Gasteiger partial charge on any atom is -0.507 e. The van der Waals surface area contributed by atoms with Crippen LogP contribution in [0.5, 0.6) is 5.75 Å². The highest BCUT2D eigenvalue weighted by Crippen LogP contribution is 2.18. The van der Waals surface area contributed by atoms with Gasteiger partial charge in [0.25, 0.3) is 0 Å². The minimum absolute atomic E-state index is 0.0181. The maximum absolute atomic E-state index is 11.5. The second-order valence-corrected chi connectivity index (χ2v) is 5.32. The van der Waals surface area contributed by atoms with E-state index in [9.17, 15) is 9.90 Å². The van der Waals surface area contributed by atoms with Crippen LogP contribution in [-0.2, 0) is 0 Å². The number of benzene rings is 1. The van der Waals surface area contributed by atoms with E-state index in [4.69, 9.17) is 0 Å². The molecule has 0 radical (unpaired) electrons. The molecule has 0 saturated heterocycles. The molecule has 0 spiro atoms. The van der Waals surface area contributed by atoms with Gasteiger partial charge in [-0.3, -0.25) is 9.79 Å². The summed E-state index contributed by atoms with van der Waals surface area (Å²) < 4.78 is 0. The zero-order valence-electron chi connectivity index (χ0n) is 10.2. The Morgan fingerprint density at radius 3 is 2.65 bits per heavy atom.